The minimum atomic E-state index is -0.456. The third-order valence-electron chi connectivity index (χ3n) is 4.71. The lowest BCUT2D eigenvalue weighted by molar-refractivity contribution is 0.206. The fourth-order valence-corrected chi connectivity index (χ4v) is 5.06. The van der Waals surface area contributed by atoms with Crippen LogP contribution in [0.4, 0.5) is 0 Å². The van der Waals surface area contributed by atoms with Crippen molar-refractivity contribution in [2.75, 3.05) is 27.4 Å². The molecule has 0 spiro atoms. The molecule has 0 atom stereocenters. The zero-order valence-corrected chi connectivity index (χ0v) is 14.7. The van der Waals surface area contributed by atoms with Crippen LogP contribution in [0.25, 0.3) is 0 Å². The number of fused-ring (bicyclic) bond motifs is 2. The van der Waals surface area contributed by atoms with Crippen molar-refractivity contribution in [3.8, 4) is 11.5 Å². The number of methoxy groups -OCH3 is 2. The number of aliphatic hydroxyl groups excluding tert-OH is 2. The predicted octanol–water partition coefficient (Wildman–Crippen LogP) is 3.22. The van der Waals surface area contributed by atoms with Gasteiger partial charge in [-0.05, 0) is 36.1 Å². The third kappa shape index (κ3) is 2.57. The van der Waals surface area contributed by atoms with Crippen LogP contribution < -0.4 is 9.47 Å². The topological polar surface area (TPSA) is 58.9 Å². The van der Waals surface area contributed by atoms with Gasteiger partial charge in [0.15, 0.2) is 0 Å². The lowest BCUT2D eigenvalue weighted by Crippen LogP contribution is -2.33. The van der Waals surface area contributed by atoms with E-state index in [9.17, 15) is 10.2 Å². The van der Waals surface area contributed by atoms with Gasteiger partial charge in [0.25, 0.3) is 0 Å². The van der Waals surface area contributed by atoms with Crippen LogP contribution in [0.1, 0.15) is 24.0 Å². The van der Waals surface area contributed by atoms with Crippen molar-refractivity contribution in [1.29, 1.82) is 0 Å². The molecular weight excluding hydrogens is 324 g/mol. The summed E-state index contributed by atoms with van der Waals surface area (Å²) in [7, 11) is 3.32. The minimum absolute atomic E-state index is 0.0396. The van der Waals surface area contributed by atoms with E-state index < -0.39 is 5.41 Å². The van der Waals surface area contributed by atoms with Gasteiger partial charge in [-0.1, -0.05) is 36.0 Å². The van der Waals surface area contributed by atoms with E-state index in [1.165, 1.54) is 0 Å². The number of rotatable bonds is 6. The van der Waals surface area contributed by atoms with E-state index in [0.717, 1.165) is 32.4 Å². The van der Waals surface area contributed by atoms with E-state index in [0.29, 0.717) is 12.8 Å². The number of aliphatic hydroxyl groups is 2. The number of ether oxygens (including phenoxy) is 2. The Labute approximate surface area is 146 Å². The normalized spacial score (nSPS) is 14.7. The van der Waals surface area contributed by atoms with Crippen LogP contribution in [0.15, 0.2) is 46.2 Å². The zero-order chi connectivity index (χ0) is 17.2. The number of hydrogen-bond donors (Lipinski definition) is 2. The average Bonchev–Trinajstić information content (AvgIpc) is 2.61. The van der Waals surface area contributed by atoms with Gasteiger partial charge >= 0.3 is 0 Å². The highest BCUT2D eigenvalue weighted by molar-refractivity contribution is 7.99. The van der Waals surface area contributed by atoms with Gasteiger partial charge in [0, 0.05) is 18.6 Å². The SMILES string of the molecule is COc1cccc2c1Sc1c(OC)cccc1C2(CCO)CCO. The van der Waals surface area contributed by atoms with Gasteiger partial charge in [0.2, 0.25) is 0 Å². The molecule has 0 aromatic heterocycles. The molecule has 2 aromatic carbocycles. The molecule has 3 rings (SSSR count). The summed E-state index contributed by atoms with van der Waals surface area (Å²) in [4.78, 5) is 2.05. The summed E-state index contributed by atoms with van der Waals surface area (Å²) in [5.74, 6) is 1.60. The summed E-state index contributed by atoms with van der Waals surface area (Å²) in [5.41, 5.74) is 1.73. The van der Waals surface area contributed by atoms with Crippen LogP contribution in [0, 0.1) is 0 Å². The molecule has 0 unspecified atom stereocenters. The maximum absolute atomic E-state index is 9.76. The molecule has 0 radical (unpaired) electrons. The van der Waals surface area contributed by atoms with Gasteiger partial charge in [0.05, 0.1) is 24.0 Å². The maximum atomic E-state index is 9.76. The molecule has 24 heavy (non-hydrogen) atoms. The van der Waals surface area contributed by atoms with E-state index in [-0.39, 0.29) is 13.2 Å². The number of hydrogen-bond acceptors (Lipinski definition) is 5. The maximum Gasteiger partial charge on any atom is 0.133 e. The zero-order valence-electron chi connectivity index (χ0n) is 13.9. The molecule has 0 saturated carbocycles. The first-order valence-electron chi connectivity index (χ1n) is 7.96. The van der Waals surface area contributed by atoms with Gasteiger partial charge in [0.1, 0.15) is 11.5 Å². The Morgan fingerprint density at radius 3 is 1.67 bits per heavy atom. The van der Waals surface area contributed by atoms with Crippen molar-refractivity contribution in [3.63, 3.8) is 0 Å². The van der Waals surface area contributed by atoms with Crippen LogP contribution in [0.5, 0.6) is 11.5 Å². The van der Waals surface area contributed by atoms with Crippen molar-refractivity contribution >= 4 is 11.8 Å². The molecule has 0 saturated heterocycles. The Bertz CT molecular complexity index is 668. The summed E-state index contributed by atoms with van der Waals surface area (Å²) in [6.45, 7) is 0.0793. The molecule has 5 heteroatoms. The average molecular weight is 346 g/mol. The molecular formula is C19H22O4S. The summed E-state index contributed by atoms with van der Waals surface area (Å²) >= 11 is 1.63. The van der Waals surface area contributed by atoms with E-state index in [4.69, 9.17) is 9.47 Å². The fraction of sp³-hybridized carbons (Fsp3) is 0.368. The lowest BCUT2D eigenvalue weighted by atomic mass is 9.69. The van der Waals surface area contributed by atoms with Gasteiger partial charge in [-0.25, -0.2) is 0 Å². The van der Waals surface area contributed by atoms with E-state index >= 15 is 0 Å². The van der Waals surface area contributed by atoms with Crippen molar-refractivity contribution < 1.29 is 19.7 Å². The Hall–Kier alpha value is -1.69. The predicted molar refractivity (Wildman–Crippen MR) is 94.3 cm³/mol. The lowest BCUT2D eigenvalue weighted by Gasteiger charge is -2.41. The molecule has 2 aromatic rings. The molecule has 4 nitrogen and oxygen atoms in total. The summed E-state index contributed by atoms with van der Waals surface area (Å²) < 4.78 is 11.1. The highest BCUT2D eigenvalue weighted by Gasteiger charge is 2.42. The minimum Gasteiger partial charge on any atom is -0.496 e. The first-order chi connectivity index (χ1) is 11.7. The van der Waals surface area contributed by atoms with Crippen LogP contribution >= 0.6 is 11.8 Å². The van der Waals surface area contributed by atoms with Crippen molar-refractivity contribution in [2.45, 2.75) is 28.0 Å². The van der Waals surface area contributed by atoms with Crippen molar-refractivity contribution in [3.05, 3.63) is 47.5 Å². The molecule has 0 bridgehead atoms. The quantitative estimate of drug-likeness (QED) is 0.841. The molecule has 1 aliphatic rings. The van der Waals surface area contributed by atoms with Crippen LogP contribution in [-0.4, -0.2) is 37.6 Å². The van der Waals surface area contributed by atoms with E-state index in [1.54, 1.807) is 26.0 Å². The molecule has 0 fully saturated rings. The third-order valence-corrected chi connectivity index (χ3v) is 5.96. The van der Waals surface area contributed by atoms with Crippen LogP contribution in [0.2, 0.25) is 0 Å². The van der Waals surface area contributed by atoms with Crippen molar-refractivity contribution in [2.24, 2.45) is 0 Å². The van der Waals surface area contributed by atoms with Crippen LogP contribution in [-0.2, 0) is 5.41 Å². The highest BCUT2D eigenvalue weighted by atomic mass is 32.2. The van der Waals surface area contributed by atoms with E-state index in [1.807, 2.05) is 24.3 Å². The standard InChI is InChI=1S/C19H22O4S/c1-22-15-7-3-5-13-17(15)24-18-14(6-4-8-16(18)23-2)19(13,9-11-20)10-12-21/h3-8,20-21H,9-12H2,1-2H3. The second-order valence-corrected chi connectivity index (χ2v) is 6.83. The molecule has 1 aliphatic heterocycles. The second-order valence-electron chi connectivity index (χ2n) is 5.81. The van der Waals surface area contributed by atoms with Crippen molar-refractivity contribution in [1.82, 2.24) is 0 Å². The molecule has 128 valence electrons. The Morgan fingerprint density at radius 1 is 0.833 bits per heavy atom. The summed E-state index contributed by atoms with van der Waals surface area (Å²) in [6, 6.07) is 11.9. The smallest absolute Gasteiger partial charge is 0.133 e. The molecule has 0 amide bonds. The number of benzene rings is 2. The second kappa shape index (κ2) is 7.05. The summed E-state index contributed by atoms with van der Waals surface area (Å²) in [5, 5.41) is 19.5. The largest absolute Gasteiger partial charge is 0.496 e. The first kappa shape index (κ1) is 17.1. The van der Waals surface area contributed by atoms with Crippen LogP contribution in [0.3, 0.4) is 0 Å². The Morgan fingerprint density at radius 2 is 1.29 bits per heavy atom. The van der Waals surface area contributed by atoms with Gasteiger partial charge in [-0.2, -0.15) is 0 Å². The highest BCUT2D eigenvalue weighted by Crippen LogP contribution is 2.57. The monoisotopic (exact) mass is 346 g/mol. The first-order valence-corrected chi connectivity index (χ1v) is 8.78. The molecule has 1 heterocycles. The summed E-state index contributed by atoms with van der Waals surface area (Å²) in [6.07, 6.45) is 1.07. The Balaban J connectivity index is 2.32. The van der Waals surface area contributed by atoms with Gasteiger partial charge in [-0.3, -0.25) is 0 Å². The fourth-order valence-electron chi connectivity index (χ4n) is 3.61. The van der Waals surface area contributed by atoms with Gasteiger partial charge in [-0.15, -0.1) is 0 Å². The Kier molecular flexibility index (Phi) is 5.04. The molecule has 0 aliphatic carbocycles. The molecule has 2 N–H and O–H groups in total. The van der Waals surface area contributed by atoms with Gasteiger partial charge < -0.3 is 19.7 Å². The van der Waals surface area contributed by atoms with E-state index in [2.05, 4.69) is 12.1 Å².